The second kappa shape index (κ2) is 7.93. The van der Waals surface area contributed by atoms with E-state index in [1.165, 1.54) is 43.5 Å². The maximum absolute atomic E-state index is 5.39. The van der Waals surface area contributed by atoms with Gasteiger partial charge in [-0.25, -0.2) is 9.97 Å². The normalized spacial score (nSPS) is 12.3. The topological polar surface area (TPSA) is 35.1 Å². The van der Waals surface area contributed by atoms with Gasteiger partial charge in [-0.05, 0) is 29.7 Å². The van der Waals surface area contributed by atoms with Crippen LogP contribution in [0.4, 0.5) is 0 Å². The summed E-state index contributed by atoms with van der Waals surface area (Å²) < 4.78 is 4.72. The average molecular weight is 535 g/mol. The van der Waals surface area contributed by atoms with Gasteiger partial charge in [0.2, 0.25) is 5.95 Å². The van der Waals surface area contributed by atoms with Crippen LogP contribution in [-0.2, 0) is 0 Å². The number of pyridine rings is 1. The van der Waals surface area contributed by atoms with E-state index in [2.05, 4.69) is 142 Å². The van der Waals surface area contributed by atoms with Crippen LogP contribution in [-0.4, -0.2) is 18.9 Å². The molecular weight excluding hydrogens is 512 g/mol. The average Bonchev–Trinajstić information content (AvgIpc) is 3.69. The summed E-state index contributed by atoms with van der Waals surface area (Å²) in [6.07, 6.45) is 0. The number of para-hydroxylation sites is 1. The summed E-state index contributed by atoms with van der Waals surface area (Å²) in [5.41, 5.74) is 8.86. The van der Waals surface area contributed by atoms with Crippen LogP contribution in [0.5, 0.6) is 0 Å². The summed E-state index contributed by atoms with van der Waals surface area (Å²) >= 11 is 0. The first-order chi connectivity index (χ1) is 20.9. The summed E-state index contributed by atoms with van der Waals surface area (Å²) in [5.74, 6) is 0.682. The summed E-state index contributed by atoms with van der Waals surface area (Å²) in [6, 6.07) is 47.3. The molecule has 4 nitrogen and oxygen atoms in total. The van der Waals surface area contributed by atoms with Crippen molar-refractivity contribution in [2.45, 2.75) is 0 Å². The van der Waals surface area contributed by atoms with E-state index >= 15 is 0 Å². The van der Waals surface area contributed by atoms with Gasteiger partial charge in [0, 0.05) is 37.9 Å². The van der Waals surface area contributed by atoms with Crippen LogP contribution < -0.4 is 0 Å². The summed E-state index contributed by atoms with van der Waals surface area (Å²) in [7, 11) is 0. The molecule has 0 saturated heterocycles. The van der Waals surface area contributed by atoms with Gasteiger partial charge in [-0.2, -0.15) is 0 Å². The number of rotatable bonds is 2. The predicted molar refractivity (Wildman–Crippen MR) is 174 cm³/mol. The molecule has 5 heterocycles. The van der Waals surface area contributed by atoms with E-state index in [0.717, 1.165) is 38.6 Å². The lowest BCUT2D eigenvalue weighted by molar-refractivity contribution is 1.02. The molecule has 0 unspecified atom stereocenters. The molecule has 0 fully saturated rings. The summed E-state index contributed by atoms with van der Waals surface area (Å²) in [6.45, 7) is 0. The van der Waals surface area contributed by atoms with Crippen molar-refractivity contribution in [3.8, 4) is 17.2 Å². The lowest BCUT2D eigenvalue weighted by Crippen LogP contribution is -2.04. The molecule has 10 rings (SSSR count). The largest absolute Gasteiger partial charge is 0.306 e. The fourth-order valence-electron chi connectivity index (χ4n) is 7.12. The Bertz CT molecular complexity index is 2680. The number of nitrogens with zero attached hydrogens (tertiary/aromatic N) is 4. The molecule has 194 valence electrons. The number of fused-ring (bicyclic) bond motifs is 11. The van der Waals surface area contributed by atoms with Crippen LogP contribution in [0.15, 0.2) is 133 Å². The Morgan fingerprint density at radius 3 is 2.00 bits per heavy atom. The maximum Gasteiger partial charge on any atom is 0.235 e. The van der Waals surface area contributed by atoms with Crippen LogP contribution in [0, 0.1) is 0 Å². The smallest absolute Gasteiger partial charge is 0.235 e. The molecule has 0 amide bonds. The van der Waals surface area contributed by atoms with Gasteiger partial charge < -0.3 is 4.40 Å². The first-order valence-corrected chi connectivity index (χ1v) is 14.3. The second-order valence-corrected chi connectivity index (χ2v) is 11.0. The summed E-state index contributed by atoms with van der Waals surface area (Å²) in [4.78, 5) is 10.8. The first-order valence-electron chi connectivity index (χ1n) is 14.3. The van der Waals surface area contributed by atoms with Crippen molar-refractivity contribution in [1.29, 1.82) is 0 Å². The van der Waals surface area contributed by atoms with Gasteiger partial charge in [0.05, 0.1) is 38.8 Å². The van der Waals surface area contributed by atoms with Crippen molar-refractivity contribution in [2.75, 3.05) is 0 Å². The van der Waals surface area contributed by atoms with Crippen LogP contribution in [0.1, 0.15) is 0 Å². The maximum atomic E-state index is 5.39. The molecule has 0 N–H and O–H groups in total. The quantitative estimate of drug-likeness (QED) is 0.207. The minimum absolute atomic E-state index is 0.682. The molecule has 42 heavy (non-hydrogen) atoms. The van der Waals surface area contributed by atoms with Gasteiger partial charge in [0.1, 0.15) is 0 Å². The van der Waals surface area contributed by atoms with Crippen LogP contribution in [0.3, 0.4) is 0 Å². The molecule has 0 aliphatic carbocycles. The van der Waals surface area contributed by atoms with E-state index in [1.807, 2.05) is 0 Å². The zero-order valence-electron chi connectivity index (χ0n) is 22.5. The zero-order valence-corrected chi connectivity index (χ0v) is 22.5. The zero-order chi connectivity index (χ0) is 27.4. The highest BCUT2D eigenvalue weighted by Crippen LogP contribution is 2.44. The molecule has 0 aliphatic heterocycles. The Balaban J connectivity index is 1.46. The Labute approximate surface area is 240 Å². The third-order valence-electron chi connectivity index (χ3n) is 8.85. The number of aromatic nitrogens is 4. The van der Waals surface area contributed by atoms with Gasteiger partial charge in [-0.1, -0.05) is 109 Å². The standard InChI is InChI=1S/C38H22N4/c1-2-12-24(13-3-1)34-29-22-21-23-11-4-5-14-25(23)35(29)40-38(39-34)42-31-18-9-8-17-28(31)33-32-20-10-19-30-26-15-6-7-16-27(26)36(37(33)42)41(30)32/h1-22H. The van der Waals surface area contributed by atoms with Crippen molar-refractivity contribution < 1.29 is 0 Å². The van der Waals surface area contributed by atoms with Gasteiger partial charge in [-0.15, -0.1) is 0 Å². The van der Waals surface area contributed by atoms with Crippen molar-refractivity contribution >= 4 is 70.8 Å². The Kier molecular flexibility index (Phi) is 4.15. The molecule has 0 saturated carbocycles. The number of hydrogen-bond acceptors (Lipinski definition) is 2. The Morgan fingerprint density at radius 1 is 0.429 bits per heavy atom. The van der Waals surface area contributed by atoms with E-state index in [9.17, 15) is 0 Å². The monoisotopic (exact) mass is 534 g/mol. The van der Waals surface area contributed by atoms with E-state index < -0.39 is 0 Å². The lowest BCUT2D eigenvalue weighted by atomic mass is 10.0. The highest BCUT2D eigenvalue weighted by atomic mass is 15.2. The first kappa shape index (κ1) is 22.0. The minimum Gasteiger partial charge on any atom is -0.306 e. The van der Waals surface area contributed by atoms with E-state index in [1.54, 1.807) is 0 Å². The highest BCUT2D eigenvalue weighted by molar-refractivity contribution is 6.29. The second-order valence-electron chi connectivity index (χ2n) is 11.0. The van der Waals surface area contributed by atoms with E-state index in [4.69, 9.17) is 9.97 Å². The number of benzene rings is 5. The third-order valence-corrected chi connectivity index (χ3v) is 8.85. The van der Waals surface area contributed by atoms with Crippen LogP contribution in [0.2, 0.25) is 0 Å². The molecule has 5 aromatic carbocycles. The molecule has 0 atom stereocenters. The highest BCUT2D eigenvalue weighted by Gasteiger charge is 2.25. The van der Waals surface area contributed by atoms with Gasteiger partial charge in [-0.3, -0.25) is 4.57 Å². The Morgan fingerprint density at radius 2 is 1.12 bits per heavy atom. The molecule has 4 heteroatoms. The SMILES string of the molecule is c1ccc(-c2nc(-n3c4ccccc4c4c3c3c5ccccc5c5cccc4n53)nc3c2ccc2ccccc23)cc1. The molecule has 10 aromatic rings. The fraction of sp³-hybridized carbons (Fsp3) is 0. The van der Waals surface area contributed by atoms with E-state index in [0.29, 0.717) is 5.95 Å². The third kappa shape index (κ3) is 2.71. The van der Waals surface area contributed by atoms with Gasteiger partial charge >= 0.3 is 0 Å². The molecule has 0 aliphatic rings. The van der Waals surface area contributed by atoms with Crippen LogP contribution >= 0.6 is 0 Å². The van der Waals surface area contributed by atoms with Crippen LogP contribution in [0.25, 0.3) is 88.0 Å². The molecule has 0 bridgehead atoms. The summed E-state index contributed by atoms with van der Waals surface area (Å²) in [5, 5.41) is 8.28. The van der Waals surface area contributed by atoms with E-state index in [-0.39, 0.29) is 0 Å². The van der Waals surface area contributed by atoms with Crippen molar-refractivity contribution in [2.24, 2.45) is 0 Å². The molecule has 0 spiro atoms. The lowest BCUT2D eigenvalue weighted by Gasteiger charge is -2.13. The van der Waals surface area contributed by atoms with Gasteiger partial charge in [0.15, 0.2) is 0 Å². The van der Waals surface area contributed by atoms with Crippen molar-refractivity contribution in [3.05, 3.63) is 133 Å². The molecular formula is C38H22N4. The predicted octanol–water partition coefficient (Wildman–Crippen LogP) is 9.54. The Hall–Kier alpha value is -5.74. The van der Waals surface area contributed by atoms with Gasteiger partial charge in [0.25, 0.3) is 0 Å². The van der Waals surface area contributed by atoms with Crippen molar-refractivity contribution in [3.63, 3.8) is 0 Å². The minimum atomic E-state index is 0.682. The molecule has 5 aromatic heterocycles. The fourth-order valence-corrected chi connectivity index (χ4v) is 7.12. The number of hydrogen-bond donors (Lipinski definition) is 0. The molecule has 0 radical (unpaired) electrons. The van der Waals surface area contributed by atoms with Crippen molar-refractivity contribution in [1.82, 2.24) is 18.9 Å².